The Balaban J connectivity index is 1.24. The van der Waals surface area contributed by atoms with Crippen molar-refractivity contribution in [3.8, 4) is 11.5 Å². The number of para-hydroxylation sites is 2. The van der Waals surface area contributed by atoms with Crippen LogP contribution in [-0.2, 0) is 4.79 Å². The SMILES string of the molecule is Cc1ccc(C(=O)c2ccccc2C(=O)N2CCN(C(=O)C3COc4ccccc4O3)CC2)cc1. The summed E-state index contributed by atoms with van der Waals surface area (Å²) in [5.74, 6) is 0.643. The van der Waals surface area contributed by atoms with Gasteiger partial charge in [0.2, 0.25) is 6.10 Å². The molecule has 1 fully saturated rings. The molecule has 1 saturated heterocycles. The molecular formula is C28H26N2O5. The van der Waals surface area contributed by atoms with Gasteiger partial charge in [-0.15, -0.1) is 0 Å². The van der Waals surface area contributed by atoms with E-state index in [-0.39, 0.29) is 24.2 Å². The molecule has 1 unspecified atom stereocenters. The molecule has 0 bridgehead atoms. The molecule has 3 aromatic rings. The molecule has 0 radical (unpaired) electrons. The first-order valence-electron chi connectivity index (χ1n) is 11.7. The smallest absolute Gasteiger partial charge is 0.267 e. The largest absolute Gasteiger partial charge is 0.485 e. The summed E-state index contributed by atoms with van der Waals surface area (Å²) in [5, 5.41) is 0. The molecule has 3 aromatic carbocycles. The van der Waals surface area contributed by atoms with Crippen molar-refractivity contribution >= 4 is 17.6 Å². The molecular weight excluding hydrogens is 444 g/mol. The van der Waals surface area contributed by atoms with Crippen molar-refractivity contribution < 1.29 is 23.9 Å². The fraction of sp³-hybridized carbons (Fsp3) is 0.250. The number of hydrogen-bond donors (Lipinski definition) is 0. The average Bonchev–Trinajstić information content (AvgIpc) is 2.92. The minimum absolute atomic E-state index is 0.151. The predicted octanol–water partition coefficient (Wildman–Crippen LogP) is 3.35. The van der Waals surface area contributed by atoms with Gasteiger partial charge >= 0.3 is 0 Å². The van der Waals surface area contributed by atoms with Crippen LogP contribution < -0.4 is 9.47 Å². The van der Waals surface area contributed by atoms with Gasteiger partial charge in [-0.3, -0.25) is 14.4 Å². The van der Waals surface area contributed by atoms with Crippen molar-refractivity contribution in [3.05, 3.63) is 95.1 Å². The fourth-order valence-electron chi connectivity index (χ4n) is 4.37. The van der Waals surface area contributed by atoms with Gasteiger partial charge in [-0.1, -0.05) is 60.2 Å². The molecule has 35 heavy (non-hydrogen) atoms. The van der Waals surface area contributed by atoms with Crippen LogP contribution in [0, 0.1) is 6.92 Å². The van der Waals surface area contributed by atoms with E-state index in [2.05, 4.69) is 0 Å². The van der Waals surface area contributed by atoms with E-state index in [9.17, 15) is 14.4 Å². The molecule has 2 heterocycles. The van der Waals surface area contributed by atoms with Gasteiger partial charge in [-0.25, -0.2) is 0 Å². The zero-order chi connectivity index (χ0) is 24.4. The topological polar surface area (TPSA) is 76.2 Å². The third kappa shape index (κ3) is 4.62. The number of carbonyl (C=O) groups excluding carboxylic acids is 3. The number of benzene rings is 3. The molecule has 5 rings (SSSR count). The predicted molar refractivity (Wildman–Crippen MR) is 130 cm³/mol. The number of rotatable bonds is 4. The van der Waals surface area contributed by atoms with Crippen molar-refractivity contribution in [1.82, 2.24) is 9.80 Å². The van der Waals surface area contributed by atoms with Crippen molar-refractivity contribution in [3.63, 3.8) is 0 Å². The van der Waals surface area contributed by atoms with E-state index in [4.69, 9.17) is 9.47 Å². The zero-order valence-corrected chi connectivity index (χ0v) is 19.5. The summed E-state index contributed by atoms with van der Waals surface area (Å²) < 4.78 is 11.5. The highest BCUT2D eigenvalue weighted by Gasteiger charge is 2.34. The molecule has 2 aliphatic rings. The first-order chi connectivity index (χ1) is 17.0. The van der Waals surface area contributed by atoms with E-state index in [0.717, 1.165) is 5.56 Å². The highest BCUT2D eigenvalue weighted by molar-refractivity contribution is 6.15. The van der Waals surface area contributed by atoms with Crippen LogP contribution in [0.2, 0.25) is 0 Å². The van der Waals surface area contributed by atoms with Crippen LogP contribution in [0.3, 0.4) is 0 Å². The molecule has 0 N–H and O–H groups in total. The number of piperazine rings is 1. The Hall–Kier alpha value is -4.13. The maximum Gasteiger partial charge on any atom is 0.267 e. The quantitative estimate of drug-likeness (QED) is 0.547. The van der Waals surface area contributed by atoms with Crippen molar-refractivity contribution in [2.45, 2.75) is 13.0 Å². The fourth-order valence-corrected chi connectivity index (χ4v) is 4.37. The number of aryl methyl sites for hydroxylation is 1. The van der Waals surface area contributed by atoms with E-state index in [1.54, 1.807) is 52.3 Å². The number of ether oxygens (including phenoxy) is 2. The van der Waals surface area contributed by atoms with Crippen LogP contribution in [0.25, 0.3) is 0 Å². The van der Waals surface area contributed by atoms with Crippen LogP contribution in [0.4, 0.5) is 0 Å². The summed E-state index contributed by atoms with van der Waals surface area (Å²) in [6.45, 7) is 3.65. The average molecular weight is 471 g/mol. The molecule has 7 nitrogen and oxygen atoms in total. The molecule has 0 aliphatic carbocycles. The van der Waals surface area contributed by atoms with E-state index in [0.29, 0.717) is 54.4 Å². The lowest BCUT2D eigenvalue weighted by atomic mass is 9.97. The zero-order valence-electron chi connectivity index (χ0n) is 19.5. The number of hydrogen-bond acceptors (Lipinski definition) is 5. The molecule has 0 aromatic heterocycles. The molecule has 2 aliphatic heterocycles. The second-order valence-electron chi connectivity index (χ2n) is 8.72. The standard InChI is InChI=1S/C28H26N2O5/c1-19-10-12-20(13-11-19)26(31)21-6-2-3-7-22(21)27(32)29-14-16-30(17-15-29)28(33)25-18-34-23-8-4-5-9-24(23)35-25/h2-13,25H,14-18H2,1H3. The maximum atomic E-state index is 13.4. The van der Waals surface area contributed by atoms with Gasteiger partial charge < -0.3 is 19.3 Å². The van der Waals surface area contributed by atoms with E-state index in [1.807, 2.05) is 37.3 Å². The van der Waals surface area contributed by atoms with Gasteiger partial charge in [0.15, 0.2) is 17.3 Å². The Bertz CT molecular complexity index is 1260. The van der Waals surface area contributed by atoms with Crippen LogP contribution in [0.15, 0.2) is 72.8 Å². The van der Waals surface area contributed by atoms with Crippen LogP contribution in [0.1, 0.15) is 31.8 Å². The first-order valence-corrected chi connectivity index (χ1v) is 11.7. The lowest BCUT2D eigenvalue weighted by Gasteiger charge is -2.37. The van der Waals surface area contributed by atoms with Gasteiger partial charge in [0.05, 0.1) is 5.56 Å². The number of amides is 2. The number of ketones is 1. The van der Waals surface area contributed by atoms with Gasteiger partial charge in [0.1, 0.15) is 6.61 Å². The normalized spacial score (nSPS) is 17.1. The molecule has 178 valence electrons. The summed E-state index contributed by atoms with van der Waals surface area (Å²) in [4.78, 5) is 42.9. The molecule has 0 saturated carbocycles. The van der Waals surface area contributed by atoms with Crippen molar-refractivity contribution in [1.29, 1.82) is 0 Å². The Kier molecular flexibility index (Phi) is 6.23. The highest BCUT2D eigenvalue weighted by Crippen LogP contribution is 2.31. The number of fused-ring (bicyclic) bond motifs is 1. The van der Waals surface area contributed by atoms with Gasteiger partial charge in [0, 0.05) is 37.3 Å². The minimum atomic E-state index is -0.708. The number of carbonyl (C=O) groups is 3. The molecule has 2 amide bonds. The summed E-state index contributed by atoms with van der Waals surface area (Å²) in [5.41, 5.74) is 2.36. The lowest BCUT2D eigenvalue weighted by Crippen LogP contribution is -2.55. The summed E-state index contributed by atoms with van der Waals surface area (Å²) in [7, 11) is 0. The van der Waals surface area contributed by atoms with Crippen molar-refractivity contribution in [2.75, 3.05) is 32.8 Å². The third-order valence-corrected chi connectivity index (χ3v) is 6.38. The lowest BCUT2D eigenvalue weighted by molar-refractivity contribution is -0.142. The molecule has 7 heteroatoms. The van der Waals surface area contributed by atoms with Gasteiger partial charge in [-0.05, 0) is 25.1 Å². The van der Waals surface area contributed by atoms with E-state index in [1.165, 1.54) is 0 Å². The number of nitrogens with zero attached hydrogens (tertiary/aromatic N) is 2. The first kappa shape index (κ1) is 22.7. The van der Waals surface area contributed by atoms with Crippen LogP contribution in [-0.4, -0.2) is 66.3 Å². The Labute approximate surface area is 203 Å². The summed E-state index contributed by atoms with van der Waals surface area (Å²) >= 11 is 0. The third-order valence-electron chi connectivity index (χ3n) is 6.38. The molecule has 0 spiro atoms. The maximum absolute atomic E-state index is 13.4. The van der Waals surface area contributed by atoms with Crippen molar-refractivity contribution in [2.24, 2.45) is 0 Å². The Morgan fingerprint density at radius 3 is 2.06 bits per heavy atom. The highest BCUT2D eigenvalue weighted by atomic mass is 16.6. The Morgan fingerprint density at radius 2 is 1.34 bits per heavy atom. The van der Waals surface area contributed by atoms with E-state index >= 15 is 0 Å². The van der Waals surface area contributed by atoms with Gasteiger partial charge in [-0.2, -0.15) is 0 Å². The van der Waals surface area contributed by atoms with Crippen LogP contribution in [0.5, 0.6) is 11.5 Å². The minimum Gasteiger partial charge on any atom is -0.485 e. The molecule has 1 atom stereocenters. The van der Waals surface area contributed by atoms with E-state index < -0.39 is 6.10 Å². The van der Waals surface area contributed by atoms with Gasteiger partial charge in [0.25, 0.3) is 11.8 Å². The second kappa shape index (κ2) is 9.62. The Morgan fingerprint density at radius 1 is 0.743 bits per heavy atom. The summed E-state index contributed by atoms with van der Waals surface area (Å²) in [6, 6.07) is 21.5. The summed E-state index contributed by atoms with van der Waals surface area (Å²) in [6.07, 6.45) is -0.708. The monoisotopic (exact) mass is 470 g/mol. The second-order valence-corrected chi connectivity index (χ2v) is 8.72. The van der Waals surface area contributed by atoms with Crippen LogP contribution >= 0.6 is 0 Å².